The van der Waals surface area contributed by atoms with E-state index < -0.39 is 27.9 Å². The van der Waals surface area contributed by atoms with E-state index in [0.717, 1.165) is 10.5 Å². The lowest BCUT2D eigenvalue weighted by Gasteiger charge is -2.56. The summed E-state index contributed by atoms with van der Waals surface area (Å²) in [6.07, 6.45) is 0.117. The zero-order valence-corrected chi connectivity index (χ0v) is 22.2. The van der Waals surface area contributed by atoms with Gasteiger partial charge >= 0.3 is 5.97 Å². The minimum absolute atomic E-state index is 0.0645. The number of nitrogens with zero attached hydrogens (tertiary/aromatic N) is 2. The van der Waals surface area contributed by atoms with E-state index >= 15 is 0 Å². The molecular formula is C22H20IN3O7S2. The van der Waals surface area contributed by atoms with E-state index in [1.165, 1.54) is 59.4 Å². The Morgan fingerprint density at radius 1 is 1.31 bits per heavy atom. The molecule has 2 amide bonds. The van der Waals surface area contributed by atoms with Crippen molar-refractivity contribution in [1.29, 1.82) is 0 Å². The number of benzene rings is 1. The van der Waals surface area contributed by atoms with Gasteiger partial charge in [-0.05, 0) is 34.7 Å². The molecule has 2 aliphatic heterocycles. The van der Waals surface area contributed by atoms with Gasteiger partial charge in [-0.15, -0.1) is 23.1 Å². The first-order chi connectivity index (χ1) is 16.8. The van der Waals surface area contributed by atoms with E-state index in [1.54, 1.807) is 0 Å². The Morgan fingerprint density at radius 2 is 2.06 bits per heavy atom. The number of thiophene rings is 1. The fourth-order valence-electron chi connectivity index (χ4n) is 3.79. The van der Waals surface area contributed by atoms with Crippen LogP contribution in [-0.4, -0.2) is 56.0 Å². The molecule has 4 rings (SSSR count). The molecule has 0 aliphatic carbocycles. The quantitative estimate of drug-likeness (QED) is 0.0854. The van der Waals surface area contributed by atoms with Crippen LogP contribution in [0, 0.1) is 10.1 Å². The monoisotopic (exact) mass is 629 g/mol. The van der Waals surface area contributed by atoms with Crippen molar-refractivity contribution in [3.8, 4) is 0 Å². The summed E-state index contributed by atoms with van der Waals surface area (Å²) in [6, 6.07) is 9.35. The number of ether oxygens (including phenoxy) is 2. The maximum Gasteiger partial charge on any atom is 0.355 e. The van der Waals surface area contributed by atoms with Crippen LogP contribution in [-0.2, 0) is 36.9 Å². The molecule has 2 atom stereocenters. The van der Waals surface area contributed by atoms with E-state index in [9.17, 15) is 24.5 Å². The molecular weight excluding hydrogens is 609 g/mol. The predicted molar refractivity (Wildman–Crippen MR) is 138 cm³/mol. The van der Waals surface area contributed by atoms with E-state index in [2.05, 4.69) is 27.9 Å². The van der Waals surface area contributed by atoms with Crippen molar-refractivity contribution in [2.24, 2.45) is 0 Å². The number of nitrogens with one attached hydrogen (secondary N) is 1. The Labute approximate surface area is 222 Å². The zero-order valence-electron chi connectivity index (χ0n) is 18.4. The molecule has 1 N–H and O–H groups in total. The summed E-state index contributed by atoms with van der Waals surface area (Å²) < 4.78 is 11.5. The number of rotatable bonds is 9. The fraction of sp³-hybridized carbons (Fsp3) is 0.318. The normalized spacial score (nSPS) is 21.3. The summed E-state index contributed by atoms with van der Waals surface area (Å²) in [5.74, 6) is -1.11. The molecule has 1 aromatic heterocycles. The lowest BCUT2D eigenvalue weighted by atomic mass is 9.98. The Bertz CT molecular complexity index is 1190. The third-order valence-electron chi connectivity index (χ3n) is 5.54. The van der Waals surface area contributed by atoms with Crippen LogP contribution >= 0.6 is 45.7 Å². The summed E-state index contributed by atoms with van der Waals surface area (Å²) in [4.78, 5) is 51.5. The largest absolute Gasteiger partial charge is 0.456 e. The molecule has 0 bridgehead atoms. The van der Waals surface area contributed by atoms with Gasteiger partial charge in [-0.2, -0.15) is 0 Å². The summed E-state index contributed by atoms with van der Waals surface area (Å²) >= 11 is 4.97. The van der Waals surface area contributed by atoms with Crippen molar-refractivity contribution in [3.63, 3.8) is 0 Å². The molecule has 10 nitrogen and oxygen atoms in total. The first-order valence-corrected chi connectivity index (χ1v) is 13.8. The highest BCUT2D eigenvalue weighted by atomic mass is 127. The molecule has 184 valence electrons. The van der Waals surface area contributed by atoms with Crippen molar-refractivity contribution in [2.75, 3.05) is 17.3 Å². The summed E-state index contributed by atoms with van der Waals surface area (Å²) in [5, 5.41) is 14.8. The lowest BCUT2D eigenvalue weighted by Crippen LogP contribution is -2.80. The van der Waals surface area contributed by atoms with Crippen molar-refractivity contribution in [3.05, 3.63) is 73.6 Å². The number of β-lactam (4-membered cyclic amide) rings is 1. The number of nitro groups is 1. The van der Waals surface area contributed by atoms with Gasteiger partial charge in [-0.3, -0.25) is 24.6 Å². The molecule has 0 unspecified atom stereocenters. The van der Waals surface area contributed by atoms with Crippen LogP contribution in [0.25, 0.3) is 0 Å². The predicted octanol–water partition coefficient (Wildman–Crippen LogP) is 3.01. The number of nitro benzene ring substituents is 1. The molecule has 2 aliphatic rings. The minimum Gasteiger partial charge on any atom is -0.456 e. The molecule has 13 heteroatoms. The van der Waals surface area contributed by atoms with Crippen LogP contribution in [0.5, 0.6) is 0 Å². The smallest absolute Gasteiger partial charge is 0.355 e. The number of methoxy groups -OCH3 is 1. The molecule has 35 heavy (non-hydrogen) atoms. The molecule has 2 aromatic rings. The number of hydrogen-bond donors (Lipinski definition) is 1. The van der Waals surface area contributed by atoms with E-state index in [4.69, 9.17) is 9.47 Å². The second-order valence-electron chi connectivity index (χ2n) is 7.67. The minimum atomic E-state index is -1.57. The summed E-state index contributed by atoms with van der Waals surface area (Å²) in [7, 11) is 1.35. The second kappa shape index (κ2) is 10.6. The number of thioether (sulfide) groups is 1. The number of esters is 1. The molecule has 0 spiro atoms. The Hall–Kier alpha value is -2.49. The zero-order chi connectivity index (χ0) is 25.2. The first-order valence-electron chi connectivity index (χ1n) is 10.3. The van der Waals surface area contributed by atoms with Crippen molar-refractivity contribution < 1.29 is 28.8 Å². The van der Waals surface area contributed by atoms with Crippen LogP contribution in [0.4, 0.5) is 5.69 Å². The number of carbonyl (C=O) groups is 3. The van der Waals surface area contributed by atoms with Gasteiger partial charge in [-0.1, -0.05) is 28.7 Å². The van der Waals surface area contributed by atoms with E-state index in [0.29, 0.717) is 15.7 Å². The van der Waals surface area contributed by atoms with Gasteiger partial charge in [0.05, 0.1) is 11.3 Å². The average Bonchev–Trinajstić information content (AvgIpc) is 3.37. The number of alkyl halides is 1. The topological polar surface area (TPSA) is 128 Å². The molecule has 1 saturated heterocycles. The van der Waals surface area contributed by atoms with Crippen LogP contribution in [0.2, 0.25) is 0 Å². The van der Waals surface area contributed by atoms with Crippen molar-refractivity contribution in [1.82, 2.24) is 10.2 Å². The summed E-state index contributed by atoms with van der Waals surface area (Å²) in [6.45, 7) is -0.109. The van der Waals surface area contributed by atoms with Crippen molar-refractivity contribution >= 4 is 69.2 Å². The second-order valence-corrected chi connectivity index (χ2v) is 10.5. The van der Waals surface area contributed by atoms with Crippen molar-refractivity contribution in [2.45, 2.75) is 24.1 Å². The van der Waals surface area contributed by atoms with Crippen LogP contribution < -0.4 is 5.32 Å². The third kappa shape index (κ3) is 4.94. The number of hydrogen-bond acceptors (Lipinski definition) is 9. The third-order valence-corrected chi connectivity index (χ3v) is 8.71. The molecule has 1 aromatic carbocycles. The van der Waals surface area contributed by atoms with Gasteiger partial charge in [0.15, 0.2) is 0 Å². The number of fused-ring (bicyclic) bond motifs is 1. The summed E-state index contributed by atoms with van der Waals surface area (Å²) in [5.41, 5.74) is -0.173. The Kier molecular flexibility index (Phi) is 7.78. The molecule has 3 heterocycles. The van der Waals surface area contributed by atoms with Crippen LogP contribution in [0.3, 0.4) is 0 Å². The average molecular weight is 629 g/mol. The molecule has 1 fully saturated rings. The van der Waals surface area contributed by atoms with E-state index in [-0.39, 0.29) is 30.3 Å². The van der Waals surface area contributed by atoms with Gasteiger partial charge in [-0.25, -0.2) is 4.79 Å². The van der Waals surface area contributed by atoms with Gasteiger partial charge in [0.25, 0.3) is 17.3 Å². The highest BCUT2D eigenvalue weighted by Crippen LogP contribution is 2.47. The number of amides is 2. The standard InChI is InChI=1S/C22H20IN3O7S2/c1-32-22(24-17(27)9-16-3-2-8-34-16)20(29)25-18(14(10-23)12-35-21(22)25)19(28)33-11-13-4-6-15(7-5-13)26(30)31/h2-8,21H,9-12H2,1H3,(H,24,27)/t21-,22-/m1/s1. The maximum atomic E-state index is 13.3. The highest BCUT2D eigenvalue weighted by Gasteiger charge is 2.66. The SMILES string of the molecule is CO[C@]1(NC(=O)Cc2cccs2)C(=O)N2C(C(=O)OCc3ccc([N+](=O)[O-])cc3)=C(CI)CS[C@@H]21. The number of carbonyl (C=O) groups excluding carboxylic acids is 3. The van der Waals surface area contributed by atoms with E-state index in [1.807, 2.05) is 17.5 Å². The number of non-ortho nitro benzene ring substituents is 1. The number of halogens is 1. The van der Waals surface area contributed by atoms with Gasteiger partial charge in [0, 0.05) is 34.3 Å². The maximum absolute atomic E-state index is 13.3. The highest BCUT2D eigenvalue weighted by molar-refractivity contribution is 14.1. The van der Waals surface area contributed by atoms with Gasteiger partial charge in [0.1, 0.15) is 17.7 Å². The van der Waals surface area contributed by atoms with Crippen LogP contribution in [0.15, 0.2) is 53.0 Å². The lowest BCUT2D eigenvalue weighted by molar-refractivity contribution is -0.384. The van der Waals surface area contributed by atoms with Gasteiger partial charge in [0.2, 0.25) is 5.91 Å². The molecule has 0 radical (unpaired) electrons. The first kappa shape index (κ1) is 25.6. The Balaban J connectivity index is 1.48. The van der Waals surface area contributed by atoms with Gasteiger partial charge < -0.3 is 14.8 Å². The van der Waals surface area contributed by atoms with Crippen LogP contribution in [0.1, 0.15) is 10.4 Å². The fourth-order valence-corrected chi connectivity index (χ4v) is 6.93. The molecule has 0 saturated carbocycles. The Morgan fingerprint density at radius 3 is 2.66 bits per heavy atom.